The van der Waals surface area contributed by atoms with E-state index < -0.39 is 23.0 Å². The fourth-order valence-electron chi connectivity index (χ4n) is 1.68. The van der Waals surface area contributed by atoms with E-state index in [1.807, 2.05) is 0 Å². The number of hydrogen-bond donors (Lipinski definition) is 3. The van der Waals surface area contributed by atoms with E-state index in [2.05, 4.69) is 10.6 Å². The molecule has 0 aliphatic carbocycles. The summed E-state index contributed by atoms with van der Waals surface area (Å²) in [5.74, 6) is -2.22. The van der Waals surface area contributed by atoms with Crippen LogP contribution in [-0.4, -0.2) is 28.1 Å². The molecule has 1 aliphatic heterocycles. The van der Waals surface area contributed by atoms with E-state index in [4.69, 9.17) is 0 Å². The predicted molar refractivity (Wildman–Crippen MR) is 68.1 cm³/mol. The number of hydrogen-bond acceptors (Lipinski definition) is 6. The smallest absolute Gasteiger partial charge is 0.545 e. The van der Waals surface area contributed by atoms with Crippen molar-refractivity contribution in [1.82, 2.24) is 5.32 Å². The molecule has 8 heteroatoms. The Hall–Kier alpha value is -0.990. The minimum atomic E-state index is -1.78. The monoisotopic (exact) mass is 388 g/mol. The molecule has 2 atom stereocenters. The molecule has 20 heavy (non-hydrogen) atoms. The van der Waals surface area contributed by atoms with E-state index in [-0.39, 0.29) is 28.8 Å². The van der Waals surface area contributed by atoms with Crippen LogP contribution in [0.25, 0.3) is 0 Å². The normalized spacial score (nSPS) is 21.1. The van der Waals surface area contributed by atoms with Gasteiger partial charge in [0.15, 0.2) is 0 Å². The van der Waals surface area contributed by atoms with Gasteiger partial charge in [-0.1, -0.05) is 30.8 Å². The van der Waals surface area contributed by atoms with Gasteiger partial charge in [0, 0.05) is 4.90 Å². The number of carbonyl (C=O) groups excluding carboxylic acids is 2. The van der Waals surface area contributed by atoms with Crippen LogP contribution in [0.2, 0.25) is 0 Å². The second kappa shape index (κ2) is 6.64. The molecule has 1 aromatic rings. The summed E-state index contributed by atoms with van der Waals surface area (Å²) in [6.07, 6.45) is -1.05. The van der Waals surface area contributed by atoms with Crippen LogP contribution in [0.15, 0.2) is 29.2 Å². The Balaban J connectivity index is 0.00000200. The van der Waals surface area contributed by atoms with Crippen LogP contribution >= 0.6 is 11.8 Å². The molecule has 1 aliphatic rings. The molecule has 6 nitrogen and oxygen atoms in total. The Morgan fingerprint density at radius 3 is 2.70 bits per heavy atom. The van der Waals surface area contributed by atoms with Gasteiger partial charge in [-0.25, -0.2) is 0 Å². The largest absolute Gasteiger partial charge is 1.00 e. The van der Waals surface area contributed by atoms with Gasteiger partial charge in [0.2, 0.25) is 4.99 Å². The summed E-state index contributed by atoms with van der Waals surface area (Å²) in [7, 11) is 0. The van der Waals surface area contributed by atoms with Crippen LogP contribution in [0, 0.1) is 0 Å². The molecule has 0 bridgehead atoms. The molecule has 0 radical (unpaired) electrons. The van der Waals surface area contributed by atoms with Crippen molar-refractivity contribution in [3.8, 4) is 0 Å². The first-order chi connectivity index (χ1) is 8.98. The molecule has 3 N–H and O–H groups in total. The average Bonchev–Trinajstić information content (AvgIpc) is 2.76. The standard InChI is InChI=1S/C12H14N2O4S.Ag/c1-2-8(15)10(16)14-12(11(17)18)13-7-5-3-4-6-9(7)19-12;/h3-6,8,13,15H,2H2,1H3,(H,14,16)(H,17,18);/q;+1/p-1. The third kappa shape index (κ3) is 3.18. The molecular weight excluding hydrogens is 376 g/mol. The average molecular weight is 389 g/mol. The maximum absolute atomic E-state index is 11.7. The van der Waals surface area contributed by atoms with Gasteiger partial charge in [-0.2, -0.15) is 0 Å². The minimum Gasteiger partial charge on any atom is -0.545 e. The summed E-state index contributed by atoms with van der Waals surface area (Å²) < 4.78 is 0. The first kappa shape index (κ1) is 17.1. The van der Waals surface area contributed by atoms with Crippen LogP contribution in [0.4, 0.5) is 5.69 Å². The van der Waals surface area contributed by atoms with Crippen LogP contribution in [0.3, 0.4) is 0 Å². The van der Waals surface area contributed by atoms with Crippen molar-refractivity contribution in [2.45, 2.75) is 29.3 Å². The van der Waals surface area contributed by atoms with Gasteiger partial charge in [0.1, 0.15) is 6.10 Å². The Morgan fingerprint density at radius 1 is 1.50 bits per heavy atom. The summed E-state index contributed by atoms with van der Waals surface area (Å²) >= 11 is 0.932. The fourth-order valence-corrected chi connectivity index (χ4v) is 2.78. The Bertz CT molecular complexity index is 501. The molecule has 112 valence electrons. The van der Waals surface area contributed by atoms with Crippen LogP contribution in [-0.2, 0) is 32.0 Å². The van der Waals surface area contributed by atoms with Crippen molar-refractivity contribution in [3.05, 3.63) is 24.3 Å². The van der Waals surface area contributed by atoms with E-state index in [0.29, 0.717) is 10.6 Å². The van der Waals surface area contributed by atoms with Gasteiger partial charge < -0.3 is 25.6 Å². The molecule has 1 amide bonds. The van der Waals surface area contributed by atoms with Crippen molar-refractivity contribution in [2.75, 3.05) is 5.32 Å². The zero-order valence-electron chi connectivity index (χ0n) is 10.5. The first-order valence-electron chi connectivity index (χ1n) is 5.76. The third-order valence-electron chi connectivity index (χ3n) is 2.74. The van der Waals surface area contributed by atoms with Gasteiger partial charge in [0.05, 0.1) is 11.7 Å². The van der Waals surface area contributed by atoms with Crippen molar-refractivity contribution < 1.29 is 42.2 Å². The number of amides is 1. The van der Waals surface area contributed by atoms with Crippen molar-refractivity contribution in [3.63, 3.8) is 0 Å². The summed E-state index contributed by atoms with van der Waals surface area (Å²) in [5, 5.41) is 25.8. The molecule has 0 fully saturated rings. The Labute approximate surface area is 135 Å². The molecular formula is C12H13AgN2O4S. The molecule has 2 rings (SSSR count). The molecule has 0 spiro atoms. The second-order valence-corrected chi connectivity index (χ2v) is 5.36. The number of nitrogens with one attached hydrogen (secondary N) is 2. The van der Waals surface area contributed by atoms with E-state index in [0.717, 1.165) is 11.8 Å². The summed E-state index contributed by atoms with van der Waals surface area (Å²) in [6.45, 7) is 1.62. The number of anilines is 1. The zero-order chi connectivity index (χ0) is 14.0. The zero-order valence-corrected chi connectivity index (χ0v) is 12.8. The number of aliphatic hydroxyl groups is 1. The number of thioether (sulfide) groups is 1. The predicted octanol–water partition coefficient (Wildman–Crippen LogP) is -0.507. The van der Waals surface area contributed by atoms with Crippen molar-refractivity contribution in [2.24, 2.45) is 0 Å². The SMILES string of the molecule is CCC(O)C(=O)NC1(C(=O)[O-])Nc2ccccc2S1.[Ag+]. The van der Waals surface area contributed by atoms with Gasteiger partial charge in [0.25, 0.3) is 5.91 Å². The number of carbonyl (C=O) groups is 2. The van der Waals surface area contributed by atoms with Crippen molar-refractivity contribution >= 4 is 29.3 Å². The quantitative estimate of drug-likeness (QED) is 0.600. The number of aliphatic carboxylic acids is 1. The topological polar surface area (TPSA) is 101 Å². The molecule has 1 aromatic carbocycles. The fraction of sp³-hybridized carbons (Fsp3) is 0.333. The number of fused-ring (bicyclic) bond motifs is 1. The van der Waals surface area contributed by atoms with Gasteiger partial charge >= 0.3 is 22.4 Å². The summed E-state index contributed by atoms with van der Waals surface area (Å²) in [4.78, 5) is 21.9. The van der Waals surface area contributed by atoms with Crippen molar-refractivity contribution in [1.29, 1.82) is 0 Å². The minimum absolute atomic E-state index is 0. The molecule has 0 saturated carbocycles. The number of benzene rings is 1. The number of carboxylic acids is 1. The van der Waals surface area contributed by atoms with Gasteiger partial charge in [-0.15, -0.1) is 0 Å². The maximum Gasteiger partial charge on any atom is 1.00 e. The molecule has 0 aromatic heterocycles. The second-order valence-electron chi connectivity index (χ2n) is 4.11. The number of rotatable bonds is 4. The summed E-state index contributed by atoms with van der Waals surface area (Å²) in [5.41, 5.74) is 0.600. The van der Waals surface area contributed by atoms with E-state index in [1.165, 1.54) is 0 Å². The van der Waals surface area contributed by atoms with Crippen LogP contribution in [0.5, 0.6) is 0 Å². The number of para-hydroxylation sites is 1. The number of aliphatic hydroxyl groups excluding tert-OH is 1. The molecule has 1 heterocycles. The first-order valence-corrected chi connectivity index (χ1v) is 6.58. The van der Waals surface area contributed by atoms with Crippen LogP contribution < -0.4 is 15.7 Å². The summed E-state index contributed by atoms with van der Waals surface area (Å²) in [6, 6.07) is 6.96. The van der Waals surface area contributed by atoms with Crippen LogP contribution in [0.1, 0.15) is 13.3 Å². The van der Waals surface area contributed by atoms with E-state index in [1.54, 1.807) is 31.2 Å². The van der Waals surface area contributed by atoms with E-state index in [9.17, 15) is 19.8 Å². The molecule has 0 saturated heterocycles. The van der Waals surface area contributed by atoms with Gasteiger partial charge in [-0.3, -0.25) is 4.79 Å². The molecule has 2 unspecified atom stereocenters. The van der Waals surface area contributed by atoms with Gasteiger partial charge in [-0.05, 0) is 18.6 Å². The number of carboxylic acid groups (broad SMARTS) is 1. The Morgan fingerprint density at radius 2 is 2.15 bits per heavy atom. The maximum atomic E-state index is 11.7. The third-order valence-corrected chi connectivity index (χ3v) is 3.99. The Kier molecular flexibility index (Phi) is 5.67. The van der Waals surface area contributed by atoms with E-state index >= 15 is 0 Å².